The Morgan fingerprint density at radius 2 is 1.79 bits per heavy atom. The van der Waals surface area contributed by atoms with Gasteiger partial charge in [-0.05, 0) is 49.2 Å². The number of carbonyl (C=O) groups excluding carboxylic acids is 1. The van der Waals surface area contributed by atoms with E-state index in [4.69, 9.17) is 27.2 Å². The van der Waals surface area contributed by atoms with Crippen molar-refractivity contribution in [2.75, 3.05) is 6.54 Å². The molecule has 2 aromatic rings. The number of carboxylic acids is 2. The second kappa shape index (κ2) is 12.6. The van der Waals surface area contributed by atoms with Gasteiger partial charge in [-0.2, -0.15) is 13.2 Å². The molecule has 180 valence electrons. The van der Waals surface area contributed by atoms with Crippen LogP contribution in [0.4, 0.5) is 13.2 Å². The van der Waals surface area contributed by atoms with Crippen molar-refractivity contribution < 1.29 is 37.8 Å². The van der Waals surface area contributed by atoms with E-state index in [1.54, 1.807) is 30.5 Å². The predicted molar refractivity (Wildman–Crippen MR) is 112 cm³/mol. The van der Waals surface area contributed by atoms with Gasteiger partial charge < -0.3 is 25.8 Å². The fraction of sp³-hybridized carbons (Fsp3) is 0.300. The zero-order valence-electron chi connectivity index (χ0n) is 17.0. The first-order valence-corrected chi connectivity index (χ1v) is 9.72. The maximum Gasteiger partial charge on any atom is 0.490 e. The summed E-state index contributed by atoms with van der Waals surface area (Å²) in [6, 6.07) is 8.89. The van der Waals surface area contributed by atoms with Crippen LogP contribution in [0.1, 0.15) is 28.8 Å². The van der Waals surface area contributed by atoms with E-state index in [0.717, 1.165) is 5.56 Å². The normalized spacial score (nSPS) is 11.7. The smallest absolute Gasteiger partial charge is 0.480 e. The Morgan fingerprint density at radius 3 is 2.30 bits per heavy atom. The van der Waals surface area contributed by atoms with E-state index in [2.05, 4.69) is 5.32 Å². The van der Waals surface area contributed by atoms with Gasteiger partial charge in [0.1, 0.15) is 11.6 Å². The van der Waals surface area contributed by atoms with Crippen LogP contribution in [0.15, 0.2) is 47.4 Å². The lowest BCUT2D eigenvalue weighted by Gasteiger charge is -2.14. The van der Waals surface area contributed by atoms with Gasteiger partial charge in [0.15, 0.2) is 0 Å². The number of rotatable bonds is 8. The van der Waals surface area contributed by atoms with Crippen molar-refractivity contribution in [3.05, 3.63) is 69.1 Å². The molecule has 33 heavy (non-hydrogen) atoms. The Kier molecular flexibility index (Phi) is 10.6. The molecule has 0 aliphatic carbocycles. The van der Waals surface area contributed by atoms with Gasteiger partial charge >= 0.3 is 18.1 Å². The number of carboxylic acid groups (broad SMARTS) is 2. The Labute approximate surface area is 190 Å². The molecule has 9 nitrogen and oxygen atoms in total. The molecule has 0 unspecified atom stereocenters. The van der Waals surface area contributed by atoms with E-state index in [9.17, 15) is 32.7 Å². The van der Waals surface area contributed by atoms with Gasteiger partial charge in [-0.3, -0.25) is 9.59 Å². The SMILES string of the molecule is NCCC[C@H](NC(=O)c1cccn(Cc2cccc(Cl)c2)c1=O)C(=O)O.O=C(O)C(F)(F)F. The van der Waals surface area contributed by atoms with E-state index >= 15 is 0 Å². The van der Waals surface area contributed by atoms with E-state index in [-0.39, 0.29) is 18.5 Å². The van der Waals surface area contributed by atoms with Crippen molar-refractivity contribution in [3.63, 3.8) is 0 Å². The molecule has 0 saturated carbocycles. The highest BCUT2D eigenvalue weighted by Gasteiger charge is 2.38. The fourth-order valence-corrected chi connectivity index (χ4v) is 2.69. The van der Waals surface area contributed by atoms with Crippen molar-refractivity contribution in [2.45, 2.75) is 31.6 Å². The summed E-state index contributed by atoms with van der Waals surface area (Å²) in [5, 5.41) is 19.2. The molecule has 0 spiro atoms. The lowest BCUT2D eigenvalue weighted by atomic mass is 10.1. The number of pyridine rings is 1. The zero-order valence-corrected chi connectivity index (χ0v) is 17.8. The molecular weight excluding hydrogens is 471 g/mol. The van der Waals surface area contributed by atoms with E-state index in [0.29, 0.717) is 18.0 Å². The van der Waals surface area contributed by atoms with Gasteiger partial charge in [0.25, 0.3) is 11.5 Å². The van der Waals surface area contributed by atoms with Crippen LogP contribution in [0.25, 0.3) is 0 Å². The first-order valence-electron chi connectivity index (χ1n) is 9.34. The summed E-state index contributed by atoms with van der Waals surface area (Å²) in [7, 11) is 0. The average molecular weight is 492 g/mol. The molecule has 0 fully saturated rings. The third-order valence-electron chi connectivity index (χ3n) is 4.05. The number of amides is 1. The molecule has 1 aromatic carbocycles. The minimum absolute atomic E-state index is 0.117. The highest BCUT2D eigenvalue weighted by Crippen LogP contribution is 2.13. The fourth-order valence-electron chi connectivity index (χ4n) is 2.48. The van der Waals surface area contributed by atoms with Gasteiger partial charge in [0.05, 0.1) is 6.54 Å². The number of nitrogens with two attached hydrogens (primary N) is 1. The first kappa shape index (κ1) is 27.7. The number of hydrogen-bond donors (Lipinski definition) is 4. The number of nitrogens with one attached hydrogen (secondary N) is 1. The van der Waals surface area contributed by atoms with Crippen LogP contribution in [0.2, 0.25) is 5.02 Å². The Morgan fingerprint density at radius 1 is 1.15 bits per heavy atom. The molecule has 0 bridgehead atoms. The summed E-state index contributed by atoms with van der Waals surface area (Å²) in [5.74, 6) is -4.64. The number of aliphatic carboxylic acids is 2. The van der Waals surface area contributed by atoms with Crippen molar-refractivity contribution in [1.82, 2.24) is 9.88 Å². The van der Waals surface area contributed by atoms with Crippen molar-refractivity contribution >= 4 is 29.4 Å². The number of aromatic nitrogens is 1. The Bertz CT molecular complexity index is 1040. The molecule has 0 aliphatic rings. The number of carbonyl (C=O) groups is 3. The average Bonchev–Trinajstić information content (AvgIpc) is 2.72. The molecule has 0 aliphatic heterocycles. The minimum Gasteiger partial charge on any atom is -0.480 e. The molecule has 1 heterocycles. The van der Waals surface area contributed by atoms with Crippen LogP contribution in [-0.4, -0.2) is 51.4 Å². The van der Waals surface area contributed by atoms with Crippen LogP contribution >= 0.6 is 11.6 Å². The predicted octanol–water partition coefficient (Wildman–Crippen LogP) is 2.11. The van der Waals surface area contributed by atoms with Gasteiger partial charge in [-0.1, -0.05) is 23.7 Å². The third-order valence-corrected chi connectivity index (χ3v) is 4.28. The summed E-state index contributed by atoms with van der Waals surface area (Å²) in [6.07, 6.45) is -2.88. The third kappa shape index (κ3) is 9.33. The van der Waals surface area contributed by atoms with E-state index < -0.39 is 35.6 Å². The zero-order chi connectivity index (χ0) is 25.2. The number of nitrogens with zero attached hydrogens (tertiary/aromatic N) is 1. The van der Waals surface area contributed by atoms with Crippen molar-refractivity contribution in [1.29, 1.82) is 0 Å². The highest BCUT2D eigenvalue weighted by molar-refractivity contribution is 6.30. The molecular formula is C20H21ClF3N3O6. The second-order valence-electron chi connectivity index (χ2n) is 6.58. The van der Waals surface area contributed by atoms with E-state index in [1.807, 2.05) is 6.07 Å². The molecule has 5 N–H and O–H groups in total. The maximum atomic E-state index is 12.6. The summed E-state index contributed by atoms with van der Waals surface area (Å²) in [5.41, 5.74) is 5.56. The monoisotopic (exact) mass is 491 g/mol. The van der Waals surface area contributed by atoms with Gasteiger partial charge in [-0.15, -0.1) is 0 Å². The number of alkyl halides is 3. The summed E-state index contributed by atoms with van der Waals surface area (Å²) >= 11 is 5.95. The summed E-state index contributed by atoms with van der Waals surface area (Å²) < 4.78 is 33.1. The molecule has 13 heteroatoms. The van der Waals surface area contributed by atoms with E-state index in [1.165, 1.54) is 10.6 Å². The van der Waals surface area contributed by atoms with Crippen LogP contribution in [0, 0.1) is 0 Å². The molecule has 1 atom stereocenters. The van der Waals surface area contributed by atoms with Gasteiger partial charge in [0.2, 0.25) is 0 Å². The quantitative estimate of drug-likeness (QED) is 0.441. The second-order valence-corrected chi connectivity index (χ2v) is 7.02. The molecule has 0 radical (unpaired) electrons. The highest BCUT2D eigenvalue weighted by atomic mass is 35.5. The van der Waals surface area contributed by atoms with Crippen LogP contribution in [-0.2, 0) is 16.1 Å². The number of hydrogen-bond acceptors (Lipinski definition) is 5. The van der Waals surface area contributed by atoms with Crippen molar-refractivity contribution in [3.8, 4) is 0 Å². The largest absolute Gasteiger partial charge is 0.490 e. The number of benzene rings is 1. The van der Waals surface area contributed by atoms with Crippen molar-refractivity contribution in [2.24, 2.45) is 5.73 Å². The molecule has 1 amide bonds. The van der Waals surface area contributed by atoms with Crippen LogP contribution < -0.4 is 16.6 Å². The molecule has 2 rings (SSSR count). The minimum atomic E-state index is -5.08. The van der Waals surface area contributed by atoms with Crippen LogP contribution in [0.5, 0.6) is 0 Å². The first-order chi connectivity index (χ1) is 15.4. The lowest BCUT2D eigenvalue weighted by molar-refractivity contribution is -0.192. The standard InChI is InChI=1S/C18H20ClN3O4.C2HF3O2/c19-13-5-1-4-12(10-13)11-22-9-3-6-14(17(22)24)16(23)21-15(18(25)26)7-2-8-20;3-2(4,5)1(6)7/h1,3-6,9-10,15H,2,7-8,11,20H2,(H,21,23)(H,25,26);(H,6,7)/t15-;/m0./s1. The Hall–Kier alpha value is -3.38. The summed E-state index contributed by atoms with van der Waals surface area (Å²) in [6.45, 7) is 0.563. The van der Waals surface area contributed by atoms with Gasteiger partial charge in [0, 0.05) is 11.2 Å². The van der Waals surface area contributed by atoms with Gasteiger partial charge in [-0.25, -0.2) is 9.59 Å². The van der Waals surface area contributed by atoms with Crippen LogP contribution in [0.3, 0.4) is 0 Å². The molecule has 0 saturated heterocycles. The molecule has 1 aromatic heterocycles. The topological polar surface area (TPSA) is 152 Å². The lowest BCUT2D eigenvalue weighted by Crippen LogP contribution is -2.43. The Balaban J connectivity index is 0.000000675. The summed E-state index contributed by atoms with van der Waals surface area (Å²) in [4.78, 5) is 45.1. The maximum absolute atomic E-state index is 12.6. The number of halogens is 4.